The second-order valence-electron chi connectivity index (χ2n) is 5.62. The highest BCUT2D eigenvalue weighted by Gasteiger charge is 2.30. The molecule has 0 amide bonds. The van der Waals surface area contributed by atoms with Gasteiger partial charge in [0.2, 0.25) is 5.43 Å². The van der Waals surface area contributed by atoms with E-state index in [1.165, 1.54) is 6.07 Å². The molecule has 1 fully saturated rings. The first-order chi connectivity index (χ1) is 10.5. The first-order valence-corrected chi connectivity index (χ1v) is 7.74. The molecule has 2 aromatic heterocycles. The Morgan fingerprint density at radius 3 is 2.82 bits per heavy atom. The Morgan fingerprint density at radius 1 is 1.45 bits per heavy atom. The van der Waals surface area contributed by atoms with Crippen LogP contribution in [0.25, 0.3) is 21.1 Å². The predicted octanol–water partition coefficient (Wildman–Crippen LogP) is 3.58. The van der Waals surface area contributed by atoms with Gasteiger partial charge in [0.15, 0.2) is 5.75 Å². The van der Waals surface area contributed by atoms with Crippen molar-refractivity contribution in [1.29, 1.82) is 5.26 Å². The van der Waals surface area contributed by atoms with Gasteiger partial charge >= 0.3 is 0 Å². The number of hydrogen-bond acceptors (Lipinski definition) is 4. The number of fused-ring (bicyclic) bond motifs is 2. The normalized spacial score (nSPS) is 14.6. The molecule has 0 atom stereocenters. The van der Waals surface area contributed by atoms with E-state index < -0.39 is 11.2 Å². The van der Waals surface area contributed by atoms with Gasteiger partial charge in [-0.3, -0.25) is 4.79 Å². The molecule has 110 valence electrons. The monoisotopic (exact) mass is 314 g/mol. The van der Waals surface area contributed by atoms with Crippen molar-refractivity contribution in [3.63, 3.8) is 0 Å². The molecule has 0 spiro atoms. The van der Waals surface area contributed by atoms with Crippen LogP contribution < -0.4 is 5.43 Å². The van der Waals surface area contributed by atoms with E-state index in [0.29, 0.717) is 15.9 Å². The highest BCUT2D eigenvalue weighted by atomic mass is 32.1. The molecule has 1 aliphatic carbocycles. The summed E-state index contributed by atoms with van der Waals surface area (Å²) >= 11 is 1.12. The van der Waals surface area contributed by atoms with Gasteiger partial charge in [-0.25, -0.2) is 4.39 Å². The molecule has 0 radical (unpaired) electrons. The van der Waals surface area contributed by atoms with Crippen molar-refractivity contribution in [3.8, 4) is 11.8 Å². The van der Waals surface area contributed by atoms with E-state index in [2.05, 4.69) is 0 Å². The minimum atomic E-state index is -0.443. The fourth-order valence-corrected chi connectivity index (χ4v) is 3.92. The van der Waals surface area contributed by atoms with Gasteiger partial charge in [0, 0.05) is 11.4 Å². The van der Waals surface area contributed by atoms with Crippen molar-refractivity contribution in [1.82, 2.24) is 4.57 Å². The molecule has 0 unspecified atom stereocenters. The van der Waals surface area contributed by atoms with Crippen molar-refractivity contribution in [2.24, 2.45) is 0 Å². The molecule has 4 rings (SSSR count). The van der Waals surface area contributed by atoms with Crippen molar-refractivity contribution in [3.05, 3.63) is 38.6 Å². The maximum atomic E-state index is 13.9. The predicted molar refractivity (Wildman–Crippen MR) is 82.9 cm³/mol. The van der Waals surface area contributed by atoms with Gasteiger partial charge in [-0.2, -0.15) is 5.26 Å². The molecule has 1 aliphatic rings. The Kier molecular flexibility index (Phi) is 2.60. The third-order valence-corrected chi connectivity index (χ3v) is 5.19. The maximum Gasteiger partial charge on any atom is 0.202 e. The number of nitrogens with zero attached hydrogens (tertiary/aromatic N) is 2. The number of aromatic nitrogens is 1. The van der Waals surface area contributed by atoms with Gasteiger partial charge in [-0.15, -0.1) is 11.3 Å². The molecule has 4 nitrogen and oxygen atoms in total. The summed E-state index contributed by atoms with van der Waals surface area (Å²) in [5.74, 6) is -0.730. The lowest BCUT2D eigenvalue weighted by molar-refractivity contribution is 0.482. The molecular formula is C16H11FN2O2S. The second kappa shape index (κ2) is 4.31. The summed E-state index contributed by atoms with van der Waals surface area (Å²) in [7, 11) is 0. The zero-order valence-corrected chi connectivity index (χ0v) is 12.5. The Bertz CT molecular complexity index is 1050. The topological polar surface area (TPSA) is 66.0 Å². The van der Waals surface area contributed by atoms with E-state index in [0.717, 1.165) is 24.2 Å². The lowest BCUT2D eigenvalue weighted by Crippen LogP contribution is -2.10. The lowest BCUT2D eigenvalue weighted by atomic mass is 10.1. The van der Waals surface area contributed by atoms with Crippen molar-refractivity contribution < 1.29 is 9.50 Å². The van der Waals surface area contributed by atoms with Gasteiger partial charge in [0.05, 0.1) is 5.52 Å². The highest BCUT2D eigenvalue weighted by molar-refractivity contribution is 7.19. The summed E-state index contributed by atoms with van der Waals surface area (Å²) in [6.45, 7) is 1.66. The SMILES string of the molecule is Cc1cc2c(cc1F)c(=O)c1c(O)c(C#N)sc1n2C1CC1. The van der Waals surface area contributed by atoms with Gasteiger partial charge in [0.25, 0.3) is 0 Å². The van der Waals surface area contributed by atoms with Crippen LogP contribution in [-0.4, -0.2) is 9.67 Å². The smallest absolute Gasteiger partial charge is 0.202 e. The summed E-state index contributed by atoms with van der Waals surface area (Å²) < 4.78 is 15.9. The molecule has 0 saturated heterocycles. The molecule has 2 heterocycles. The minimum absolute atomic E-state index is 0.119. The van der Waals surface area contributed by atoms with Crippen molar-refractivity contribution >= 4 is 32.5 Å². The molecule has 1 saturated carbocycles. The summed E-state index contributed by atoms with van der Waals surface area (Å²) in [5, 5.41) is 19.7. The number of aromatic hydroxyl groups is 1. The molecule has 1 aromatic carbocycles. The second-order valence-corrected chi connectivity index (χ2v) is 6.62. The number of halogens is 1. The van der Waals surface area contributed by atoms with Crippen LogP contribution in [-0.2, 0) is 0 Å². The number of pyridine rings is 1. The van der Waals surface area contributed by atoms with Gasteiger partial charge < -0.3 is 9.67 Å². The van der Waals surface area contributed by atoms with Gasteiger partial charge in [-0.05, 0) is 37.5 Å². The number of hydrogen-bond donors (Lipinski definition) is 1. The third-order valence-electron chi connectivity index (χ3n) is 4.11. The summed E-state index contributed by atoms with van der Waals surface area (Å²) in [5.41, 5.74) is 0.725. The Balaban J connectivity index is 2.31. The van der Waals surface area contributed by atoms with E-state index in [1.54, 1.807) is 13.0 Å². The summed E-state index contributed by atoms with van der Waals surface area (Å²) in [6, 6.07) is 5.06. The van der Waals surface area contributed by atoms with Crippen LogP contribution in [0.15, 0.2) is 16.9 Å². The number of aryl methyl sites for hydroxylation is 1. The Hall–Kier alpha value is -2.39. The fraction of sp³-hybridized carbons (Fsp3) is 0.250. The Morgan fingerprint density at radius 2 is 2.18 bits per heavy atom. The fourth-order valence-electron chi connectivity index (χ4n) is 2.85. The number of nitriles is 1. The molecule has 22 heavy (non-hydrogen) atoms. The molecular weight excluding hydrogens is 303 g/mol. The van der Waals surface area contributed by atoms with Crippen molar-refractivity contribution in [2.45, 2.75) is 25.8 Å². The van der Waals surface area contributed by atoms with Crippen LogP contribution in [0, 0.1) is 24.1 Å². The van der Waals surface area contributed by atoms with Crippen LogP contribution in [0.4, 0.5) is 4.39 Å². The average Bonchev–Trinajstić information content (AvgIpc) is 3.26. The number of benzene rings is 1. The van der Waals surface area contributed by atoms with Crippen LogP contribution in [0.3, 0.4) is 0 Å². The standard InChI is InChI=1S/C16H11FN2O2S/c1-7-4-11-9(5-10(7)17)14(20)13-15(21)12(6-18)22-16(13)19(11)8-2-3-8/h4-5,8,21H,2-3H2,1H3. The summed E-state index contributed by atoms with van der Waals surface area (Å²) in [4.78, 5) is 13.4. The van der Waals surface area contributed by atoms with E-state index in [1.807, 2.05) is 10.6 Å². The van der Waals surface area contributed by atoms with Crippen molar-refractivity contribution in [2.75, 3.05) is 0 Å². The maximum absolute atomic E-state index is 13.9. The highest BCUT2D eigenvalue weighted by Crippen LogP contribution is 2.44. The van der Waals surface area contributed by atoms with Crippen LogP contribution >= 0.6 is 11.3 Å². The Labute approximate surface area is 128 Å². The van der Waals surface area contributed by atoms with E-state index >= 15 is 0 Å². The zero-order chi connectivity index (χ0) is 15.6. The summed E-state index contributed by atoms with van der Waals surface area (Å²) in [6.07, 6.45) is 1.95. The minimum Gasteiger partial charge on any atom is -0.505 e. The van der Waals surface area contributed by atoms with Gasteiger partial charge in [0.1, 0.15) is 27.0 Å². The third kappa shape index (κ3) is 1.63. The number of rotatable bonds is 1. The molecule has 0 aliphatic heterocycles. The quantitative estimate of drug-likeness (QED) is 0.746. The molecule has 0 bridgehead atoms. The van der Waals surface area contributed by atoms with Crippen LogP contribution in [0.5, 0.6) is 5.75 Å². The van der Waals surface area contributed by atoms with Crippen LogP contribution in [0.1, 0.15) is 29.3 Å². The van der Waals surface area contributed by atoms with E-state index in [-0.39, 0.29) is 27.4 Å². The van der Waals surface area contributed by atoms with Crippen LogP contribution in [0.2, 0.25) is 0 Å². The molecule has 1 N–H and O–H groups in total. The first kappa shape index (κ1) is 13.3. The lowest BCUT2D eigenvalue weighted by Gasteiger charge is -2.12. The largest absolute Gasteiger partial charge is 0.505 e. The van der Waals surface area contributed by atoms with Gasteiger partial charge in [-0.1, -0.05) is 0 Å². The van der Waals surface area contributed by atoms with E-state index in [9.17, 15) is 14.3 Å². The average molecular weight is 314 g/mol. The first-order valence-electron chi connectivity index (χ1n) is 6.93. The number of thiophene rings is 1. The zero-order valence-electron chi connectivity index (χ0n) is 11.7. The molecule has 3 aromatic rings. The molecule has 6 heteroatoms. The van der Waals surface area contributed by atoms with E-state index in [4.69, 9.17) is 5.26 Å².